The molecular formula is C15H20FN3O. The second-order valence-corrected chi connectivity index (χ2v) is 5.99. The summed E-state index contributed by atoms with van der Waals surface area (Å²) < 4.78 is 13.6. The largest absolute Gasteiger partial charge is 0.351 e. The van der Waals surface area contributed by atoms with Crippen LogP contribution < -0.4 is 16.8 Å². The number of hydrogen-bond donors (Lipinski definition) is 3. The Kier molecular flexibility index (Phi) is 3.26. The van der Waals surface area contributed by atoms with Gasteiger partial charge in [-0.25, -0.2) is 4.39 Å². The first kappa shape index (κ1) is 13.5. The molecule has 1 aromatic carbocycles. The van der Waals surface area contributed by atoms with Gasteiger partial charge in [0.15, 0.2) is 0 Å². The molecule has 3 unspecified atom stereocenters. The maximum atomic E-state index is 13.6. The van der Waals surface area contributed by atoms with Gasteiger partial charge in [-0.1, -0.05) is 24.6 Å². The molecule has 0 radical (unpaired) electrons. The monoisotopic (exact) mass is 277 g/mol. The molecule has 5 N–H and O–H groups in total. The van der Waals surface area contributed by atoms with Crippen molar-refractivity contribution in [3.63, 3.8) is 0 Å². The quantitative estimate of drug-likeness (QED) is 0.777. The van der Waals surface area contributed by atoms with E-state index in [0.29, 0.717) is 0 Å². The van der Waals surface area contributed by atoms with Crippen LogP contribution >= 0.6 is 0 Å². The number of carbonyl (C=O) groups excluding carboxylic acids is 1. The Balaban J connectivity index is 1.67. The van der Waals surface area contributed by atoms with Crippen molar-refractivity contribution >= 4 is 5.91 Å². The van der Waals surface area contributed by atoms with Crippen LogP contribution in [0.3, 0.4) is 0 Å². The van der Waals surface area contributed by atoms with E-state index in [-0.39, 0.29) is 29.0 Å². The lowest BCUT2D eigenvalue weighted by Crippen LogP contribution is -2.70. The van der Waals surface area contributed by atoms with Crippen LogP contribution in [0.5, 0.6) is 0 Å². The lowest BCUT2D eigenvalue weighted by molar-refractivity contribution is -0.129. The molecule has 20 heavy (non-hydrogen) atoms. The van der Waals surface area contributed by atoms with Crippen LogP contribution in [0.4, 0.5) is 4.39 Å². The summed E-state index contributed by atoms with van der Waals surface area (Å²) in [6, 6.07) is 5.42. The van der Waals surface area contributed by atoms with Gasteiger partial charge < -0.3 is 16.8 Å². The minimum Gasteiger partial charge on any atom is -0.351 e. The zero-order chi connectivity index (χ0) is 14.3. The molecule has 0 heterocycles. The molecule has 3 atom stereocenters. The molecule has 5 heteroatoms. The van der Waals surface area contributed by atoms with Crippen molar-refractivity contribution in [1.29, 1.82) is 0 Å². The summed E-state index contributed by atoms with van der Waals surface area (Å²) in [7, 11) is 0. The number of nitrogens with one attached hydrogen (secondary N) is 1. The van der Waals surface area contributed by atoms with E-state index in [1.807, 2.05) is 0 Å². The smallest absolute Gasteiger partial charge is 0.241 e. The van der Waals surface area contributed by atoms with Gasteiger partial charge in [-0.05, 0) is 25.3 Å². The predicted molar refractivity (Wildman–Crippen MR) is 74.1 cm³/mol. The van der Waals surface area contributed by atoms with Crippen molar-refractivity contribution < 1.29 is 9.18 Å². The molecule has 4 nitrogen and oxygen atoms in total. The number of hydrogen-bond acceptors (Lipinski definition) is 3. The molecule has 2 aliphatic carbocycles. The number of amides is 1. The maximum absolute atomic E-state index is 13.6. The van der Waals surface area contributed by atoms with Crippen molar-refractivity contribution in [2.24, 2.45) is 16.9 Å². The topological polar surface area (TPSA) is 81.1 Å². The second kappa shape index (κ2) is 4.82. The van der Waals surface area contributed by atoms with Gasteiger partial charge in [0.05, 0.1) is 0 Å². The Morgan fingerprint density at radius 3 is 2.65 bits per heavy atom. The summed E-state index contributed by atoms with van der Waals surface area (Å²) in [5, 5.41) is 2.95. The van der Waals surface area contributed by atoms with E-state index in [1.54, 1.807) is 18.2 Å². The molecule has 0 bridgehead atoms. The third-order valence-electron chi connectivity index (χ3n) is 5.05. The minimum atomic E-state index is -0.967. The van der Waals surface area contributed by atoms with Gasteiger partial charge in [-0.15, -0.1) is 0 Å². The summed E-state index contributed by atoms with van der Waals surface area (Å²) in [4.78, 5) is 12.2. The fourth-order valence-corrected chi connectivity index (χ4v) is 3.46. The lowest BCUT2D eigenvalue weighted by atomic mass is 9.50. The van der Waals surface area contributed by atoms with Gasteiger partial charge in [0.25, 0.3) is 0 Å². The van der Waals surface area contributed by atoms with E-state index in [1.165, 1.54) is 12.5 Å². The highest BCUT2D eigenvalue weighted by molar-refractivity contribution is 5.83. The first-order chi connectivity index (χ1) is 9.54. The van der Waals surface area contributed by atoms with Crippen LogP contribution in [0.15, 0.2) is 24.3 Å². The van der Waals surface area contributed by atoms with Crippen LogP contribution in [0.2, 0.25) is 0 Å². The number of nitrogens with two attached hydrogens (primary N) is 2. The van der Waals surface area contributed by atoms with Gasteiger partial charge >= 0.3 is 0 Å². The standard InChI is InChI=1S/C15H20FN3O/c16-10-5-2-1-4-9(10)13(18)14(20)19-12-8-11(17)15(12)6-3-7-15/h1-2,4-5,11-13H,3,6-8,17-18H2,(H,19,20). The molecule has 108 valence electrons. The normalized spacial score (nSPS) is 28.4. The Hall–Kier alpha value is -1.46. The zero-order valence-electron chi connectivity index (χ0n) is 11.3. The average molecular weight is 277 g/mol. The molecule has 0 saturated heterocycles. The summed E-state index contributed by atoms with van der Waals surface area (Å²) >= 11 is 0. The molecule has 3 rings (SSSR count). The van der Waals surface area contributed by atoms with E-state index < -0.39 is 11.9 Å². The molecular weight excluding hydrogens is 257 g/mol. The van der Waals surface area contributed by atoms with Crippen LogP contribution in [-0.2, 0) is 4.79 Å². The molecule has 2 fully saturated rings. The Morgan fingerprint density at radius 2 is 2.10 bits per heavy atom. The van der Waals surface area contributed by atoms with Gasteiger partial charge in [0.1, 0.15) is 11.9 Å². The van der Waals surface area contributed by atoms with Crippen molar-refractivity contribution in [2.75, 3.05) is 0 Å². The van der Waals surface area contributed by atoms with Gasteiger partial charge in [0, 0.05) is 23.1 Å². The first-order valence-electron chi connectivity index (χ1n) is 7.10. The van der Waals surface area contributed by atoms with Crippen LogP contribution in [0, 0.1) is 11.2 Å². The van der Waals surface area contributed by atoms with Crippen LogP contribution in [0.1, 0.15) is 37.3 Å². The molecule has 2 saturated carbocycles. The molecule has 0 aliphatic heterocycles. The number of carbonyl (C=O) groups is 1. The third kappa shape index (κ3) is 1.93. The fourth-order valence-electron chi connectivity index (χ4n) is 3.46. The number of rotatable bonds is 3. The van der Waals surface area contributed by atoms with Crippen molar-refractivity contribution in [2.45, 2.75) is 43.8 Å². The zero-order valence-corrected chi connectivity index (χ0v) is 11.3. The molecule has 1 amide bonds. The van der Waals surface area contributed by atoms with E-state index in [0.717, 1.165) is 19.3 Å². The molecule has 2 aliphatic rings. The average Bonchev–Trinajstić information content (AvgIpc) is 2.35. The van der Waals surface area contributed by atoms with Gasteiger partial charge in [0.2, 0.25) is 5.91 Å². The van der Waals surface area contributed by atoms with Crippen molar-refractivity contribution in [3.8, 4) is 0 Å². The predicted octanol–water partition coefficient (Wildman–Crippen LogP) is 1.21. The highest BCUT2D eigenvalue weighted by Gasteiger charge is 2.57. The summed E-state index contributed by atoms with van der Waals surface area (Å²) in [5.41, 5.74) is 12.2. The second-order valence-electron chi connectivity index (χ2n) is 5.99. The SMILES string of the molecule is NC(C(=O)NC1CC(N)C12CCC2)c1ccccc1F. The van der Waals surface area contributed by atoms with Crippen molar-refractivity contribution in [3.05, 3.63) is 35.6 Å². The number of benzene rings is 1. The minimum absolute atomic E-state index is 0.0740. The maximum Gasteiger partial charge on any atom is 0.241 e. The summed E-state index contributed by atoms with van der Waals surface area (Å²) in [6.07, 6.45) is 4.08. The van der Waals surface area contributed by atoms with E-state index in [9.17, 15) is 9.18 Å². The first-order valence-corrected chi connectivity index (χ1v) is 7.10. The lowest BCUT2D eigenvalue weighted by Gasteiger charge is -2.60. The van der Waals surface area contributed by atoms with E-state index in [2.05, 4.69) is 5.32 Å². The van der Waals surface area contributed by atoms with Crippen LogP contribution in [-0.4, -0.2) is 18.0 Å². The number of halogens is 1. The van der Waals surface area contributed by atoms with E-state index >= 15 is 0 Å². The van der Waals surface area contributed by atoms with E-state index in [4.69, 9.17) is 11.5 Å². The van der Waals surface area contributed by atoms with Gasteiger partial charge in [-0.3, -0.25) is 4.79 Å². The van der Waals surface area contributed by atoms with Crippen molar-refractivity contribution in [1.82, 2.24) is 5.32 Å². The fraction of sp³-hybridized carbons (Fsp3) is 0.533. The highest BCUT2D eigenvalue weighted by atomic mass is 19.1. The summed E-state index contributed by atoms with van der Waals surface area (Å²) in [5.74, 6) is -0.767. The third-order valence-corrected chi connectivity index (χ3v) is 5.05. The molecule has 1 spiro atoms. The van der Waals surface area contributed by atoms with Gasteiger partial charge in [-0.2, -0.15) is 0 Å². The highest BCUT2D eigenvalue weighted by Crippen LogP contribution is 2.55. The molecule has 0 aromatic heterocycles. The molecule has 1 aromatic rings. The Bertz CT molecular complexity index is 530. The Labute approximate surface area is 117 Å². The Morgan fingerprint density at radius 1 is 1.40 bits per heavy atom. The van der Waals surface area contributed by atoms with Crippen LogP contribution in [0.25, 0.3) is 0 Å². The summed E-state index contributed by atoms with van der Waals surface area (Å²) in [6.45, 7) is 0.